The molecule has 0 radical (unpaired) electrons. The van der Waals surface area contributed by atoms with Gasteiger partial charge in [0.05, 0.1) is 5.56 Å². The molecule has 1 aliphatic heterocycles. The molecule has 0 fully saturated rings. The highest BCUT2D eigenvalue weighted by molar-refractivity contribution is 5.74. The van der Waals surface area contributed by atoms with Crippen LogP contribution in [-0.4, -0.2) is 4.57 Å². The summed E-state index contributed by atoms with van der Waals surface area (Å²) in [6.45, 7) is 10.2. The van der Waals surface area contributed by atoms with E-state index in [4.69, 9.17) is 0 Å². The number of benzene rings is 4. The first-order chi connectivity index (χ1) is 17.5. The van der Waals surface area contributed by atoms with Gasteiger partial charge in [0.15, 0.2) is 0 Å². The summed E-state index contributed by atoms with van der Waals surface area (Å²) in [5.41, 5.74) is 12.0. The largest absolute Gasteiger partial charge is 0.294 e. The molecule has 0 N–H and O–H groups in total. The molecule has 1 aromatic heterocycles. The average Bonchev–Trinajstić information content (AvgIpc) is 3.47. The van der Waals surface area contributed by atoms with Crippen LogP contribution in [0.15, 0.2) is 103 Å². The maximum absolute atomic E-state index is 2.45. The molecule has 2 heterocycles. The van der Waals surface area contributed by atoms with Gasteiger partial charge in [0.2, 0.25) is 0 Å². The Morgan fingerprint density at radius 1 is 0.639 bits per heavy atom. The zero-order valence-electron chi connectivity index (χ0n) is 21.6. The van der Waals surface area contributed by atoms with E-state index in [1.54, 1.807) is 0 Å². The molecule has 1 aliphatic rings. The summed E-state index contributed by atoms with van der Waals surface area (Å²) >= 11 is 0. The lowest BCUT2D eigenvalue weighted by atomic mass is 9.88. The van der Waals surface area contributed by atoms with Gasteiger partial charge in [0.1, 0.15) is 24.6 Å². The molecule has 4 aromatic carbocycles. The molecular weight excluding hydrogens is 436 g/mol. The molecular formula is C34H33N2+. The minimum absolute atomic E-state index is 0.408. The summed E-state index contributed by atoms with van der Waals surface area (Å²) < 4.78 is 4.85. The van der Waals surface area contributed by atoms with Crippen LogP contribution in [0.4, 0.5) is 0 Å². The van der Waals surface area contributed by atoms with Crippen molar-refractivity contribution < 1.29 is 4.57 Å². The third-order valence-corrected chi connectivity index (χ3v) is 7.45. The molecule has 6 rings (SSSR count). The standard InChI is InChI=1S/C34H33N2/c1-23(2)31-20-28(26-13-9-6-10-14-26)21-32(24(3)4)33(31)36-18-17-35-22-29-19-27(15-16-30(29)34(35)36)25-11-7-5-8-12-25/h5-21,23-24H,22H2,1-4H3/q+1. The van der Waals surface area contributed by atoms with Crippen LogP contribution in [0.5, 0.6) is 0 Å². The van der Waals surface area contributed by atoms with Gasteiger partial charge in [-0.15, -0.1) is 0 Å². The second kappa shape index (κ2) is 8.95. The first kappa shape index (κ1) is 22.5. The monoisotopic (exact) mass is 469 g/mol. The molecule has 0 amide bonds. The molecule has 2 nitrogen and oxygen atoms in total. The Kier molecular flexibility index (Phi) is 5.60. The van der Waals surface area contributed by atoms with E-state index in [0.717, 1.165) is 6.54 Å². The van der Waals surface area contributed by atoms with E-state index in [1.165, 1.54) is 56.0 Å². The minimum atomic E-state index is 0.408. The first-order valence-electron chi connectivity index (χ1n) is 13.0. The van der Waals surface area contributed by atoms with Gasteiger partial charge >= 0.3 is 0 Å². The highest BCUT2D eigenvalue weighted by Gasteiger charge is 2.33. The van der Waals surface area contributed by atoms with E-state index < -0.39 is 0 Å². The number of nitrogens with zero attached hydrogens (tertiary/aromatic N) is 2. The SMILES string of the molecule is CC(C)c1cc(-c2ccccc2)cc(C(C)C)c1-n1cc[n+]2c1-c1ccc(-c3ccccc3)cc1C2. The lowest BCUT2D eigenvalue weighted by molar-refractivity contribution is -0.671. The molecule has 0 bridgehead atoms. The maximum atomic E-state index is 2.45. The Bertz CT molecular complexity index is 1510. The molecule has 5 aromatic rings. The summed E-state index contributed by atoms with van der Waals surface area (Å²) in [5.74, 6) is 2.09. The van der Waals surface area contributed by atoms with Crippen molar-refractivity contribution in [1.82, 2.24) is 4.57 Å². The van der Waals surface area contributed by atoms with E-state index >= 15 is 0 Å². The summed E-state index contributed by atoms with van der Waals surface area (Å²) in [7, 11) is 0. The van der Waals surface area contributed by atoms with Crippen molar-refractivity contribution in [2.75, 3.05) is 0 Å². The van der Waals surface area contributed by atoms with Gasteiger partial charge in [-0.3, -0.25) is 0 Å². The molecule has 0 unspecified atom stereocenters. The Labute approximate surface area is 214 Å². The van der Waals surface area contributed by atoms with Gasteiger partial charge < -0.3 is 0 Å². The van der Waals surface area contributed by atoms with E-state index in [1.807, 2.05) is 0 Å². The van der Waals surface area contributed by atoms with E-state index in [0.29, 0.717) is 11.8 Å². The number of imidazole rings is 1. The predicted octanol–water partition coefficient (Wildman–Crippen LogP) is 8.37. The van der Waals surface area contributed by atoms with Gasteiger partial charge in [0.25, 0.3) is 5.82 Å². The second-order valence-electron chi connectivity index (χ2n) is 10.5. The Morgan fingerprint density at radius 3 is 1.81 bits per heavy atom. The van der Waals surface area contributed by atoms with Crippen molar-refractivity contribution in [3.8, 4) is 39.3 Å². The Hall–Kier alpha value is -3.91. The molecule has 36 heavy (non-hydrogen) atoms. The molecule has 0 saturated heterocycles. The van der Waals surface area contributed by atoms with E-state index in [-0.39, 0.29) is 0 Å². The van der Waals surface area contributed by atoms with E-state index in [9.17, 15) is 0 Å². The molecule has 0 spiro atoms. The highest BCUT2D eigenvalue weighted by Crippen LogP contribution is 2.39. The van der Waals surface area contributed by atoms with Gasteiger partial charge in [-0.1, -0.05) is 94.4 Å². The first-order valence-corrected chi connectivity index (χ1v) is 13.0. The van der Waals surface area contributed by atoms with Crippen LogP contribution in [0.25, 0.3) is 39.3 Å². The number of rotatable bonds is 5. The summed E-state index contributed by atoms with van der Waals surface area (Å²) in [4.78, 5) is 0. The van der Waals surface area contributed by atoms with Crippen molar-refractivity contribution in [2.24, 2.45) is 0 Å². The summed E-state index contributed by atoms with van der Waals surface area (Å²) in [6.07, 6.45) is 4.51. The van der Waals surface area contributed by atoms with Crippen molar-refractivity contribution in [3.05, 3.63) is 120 Å². The molecule has 0 saturated carbocycles. The van der Waals surface area contributed by atoms with Crippen LogP contribution in [-0.2, 0) is 6.54 Å². The second-order valence-corrected chi connectivity index (χ2v) is 10.5. The summed E-state index contributed by atoms with van der Waals surface area (Å²) in [5, 5.41) is 0. The molecule has 0 aliphatic carbocycles. The highest BCUT2D eigenvalue weighted by atomic mass is 15.2. The Morgan fingerprint density at radius 2 is 1.22 bits per heavy atom. The average molecular weight is 470 g/mol. The maximum Gasteiger partial charge on any atom is 0.294 e. The number of fused-ring (bicyclic) bond motifs is 3. The normalized spacial score (nSPS) is 12.3. The van der Waals surface area contributed by atoms with Crippen molar-refractivity contribution in [3.63, 3.8) is 0 Å². The van der Waals surface area contributed by atoms with Gasteiger partial charge in [0, 0.05) is 16.7 Å². The molecule has 2 heteroatoms. The van der Waals surface area contributed by atoms with E-state index in [2.05, 4.69) is 140 Å². The number of hydrogen-bond acceptors (Lipinski definition) is 0. The van der Waals surface area contributed by atoms with Crippen LogP contribution in [0.3, 0.4) is 0 Å². The van der Waals surface area contributed by atoms with Crippen LogP contribution >= 0.6 is 0 Å². The van der Waals surface area contributed by atoms with Crippen LogP contribution in [0.2, 0.25) is 0 Å². The number of hydrogen-bond donors (Lipinski definition) is 0. The molecule has 0 atom stereocenters. The Balaban J connectivity index is 1.53. The zero-order chi connectivity index (χ0) is 24.8. The van der Waals surface area contributed by atoms with Crippen LogP contribution in [0.1, 0.15) is 56.2 Å². The lowest BCUT2D eigenvalue weighted by Crippen LogP contribution is -2.30. The fourth-order valence-corrected chi connectivity index (χ4v) is 5.59. The minimum Gasteiger partial charge on any atom is -0.225 e. The van der Waals surface area contributed by atoms with Gasteiger partial charge in [-0.25, -0.2) is 4.57 Å². The predicted molar refractivity (Wildman–Crippen MR) is 150 cm³/mol. The molecule has 178 valence electrons. The fourth-order valence-electron chi connectivity index (χ4n) is 5.59. The third-order valence-electron chi connectivity index (χ3n) is 7.45. The zero-order valence-corrected chi connectivity index (χ0v) is 21.6. The van der Waals surface area contributed by atoms with Gasteiger partial charge in [-0.2, -0.15) is 4.57 Å². The van der Waals surface area contributed by atoms with Crippen molar-refractivity contribution in [1.29, 1.82) is 0 Å². The van der Waals surface area contributed by atoms with Crippen LogP contribution < -0.4 is 4.57 Å². The fraction of sp³-hybridized carbons (Fsp3) is 0.206. The quantitative estimate of drug-likeness (QED) is 0.224. The third kappa shape index (κ3) is 3.78. The topological polar surface area (TPSA) is 8.81 Å². The van der Waals surface area contributed by atoms with Crippen molar-refractivity contribution >= 4 is 0 Å². The lowest BCUT2D eigenvalue weighted by Gasteiger charge is -2.20. The smallest absolute Gasteiger partial charge is 0.225 e. The van der Waals surface area contributed by atoms with Crippen LogP contribution in [0, 0.1) is 0 Å². The van der Waals surface area contributed by atoms with Gasteiger partial charge in [-0.05, 0) is 58.4 Å². The number of aromatic nitrogens is 2. The van der Waals surface area contributed by atoms with Crippen molar-refractivity contribution in [2.45, 2.75) is 46.1 Å². The summed E-state index contributed by atoms with van der Waals surface area (Å²) in [6, 6.07) is 33.2.